The smallest absolute Gasteiger partial charge is 0.462 e. The average Bonchev–Trinajstić information content (AvgIpc) is 3.25. The molecule has 376 valence electrons. The van der Waals surface area contributed by atoms with E-state index in [1.54, 1.807) is 30.4 Å². The summed E-state index contributed by atoms with van der Waals surface area (Å²) in [4.78, 5) is 54.2. The molecule has 10 atom stereocenters. The minimum atomic E-state index is -5.40. The molecule has 18 nitrogen and oxygen atoms in total. The van der Waals surface area contributed by atoms with Crippen LogP contribution in [0.5, 0.6) is 0 Å². The number of rotatable bonds is 37. The molecule has 0 amide bonds. The molecule has 0 saturated heterocycles. The van der Waals surface area contributed by atoms with Crippen LogP contribution < -0.4 is 0 Å². The van der Waals surface area contributed by atoms with Gasteiger partial charge in [-0.25, -0.2) is 9.13 Å². The molecule has 9 N–H and O–H groups in total. The molecule has 0 aliphatic heterocycles. The first kappa shape index (κ1) is 60.6. The van der Waals surface area contributed by atoms with Gasteiger partial charge in [-0.1, -0.05) is 126 Å². The standard InChI is InChI=1S/C45H78O18P2/c1-3-5-7-9-11-12-13-14-15-16-17-19-25-31-38(48)59-33-37(34-60-65(57,58)63-45-42(52)40(50)41(51)44(43(45)53)62-64(54,55)56)61-39(49)32-26-30-36(47)29-24-21-20-23-28-35(46)27-22-18-10-8-6-4-2/h12-13,18,20-24,28-29,35-37,40-47,50-53H,3-11,14-17,19,25-27,30-34H2,1-2H3,(H,57,58)(H2,54,55,56)/b13-12-,21-20+,22-18-,28-23+,29-24-/t35-,36-,37+,40?,41?,42?,43?,44+,45-/m0/s1. The first-order chi connectivity index (χ1) is 30.9. The van der Waals surface area contributed by atoms with Crippen molar-refractivity contribution in [2.75, 3.05) is 13.2 Å². The Kier molecular flexibility index (Phi) is 33.3. The lowest BCUT2D eigenvalue weighted by Crippen LogP contribution is -2.64. The van der Waals surface area contributed by atoms with Crippen LogP contribution in [-0.2, 0) is 41.8 Å². The molecule has 0 spiro atoms. The second-order valence-corrected chi connectivity index (χ2v) is 18.8. The van der Waals surface area contributed by atoms with E-state index in [-0.39, 0.29) is 25.7 Å². The highest BCUT2D eigenvalue weighted by atomic mass is 31.2. The summed E-state index contributed by atoms with van der Waals surface area (Å²) >= 11 is 0. The van der Waals surface area contributed by atoms with Gasteiger partial charge in [0.1, 0.15) is 43.2 Å². The third-order valence-corrected chi connectivity index (χ3v) is 11.8. The van der Waals surface area contributed by atoms with E-state index in [2.05, 4.69) is 36.6 Å². The molecule has 0 aromatic rings. The summed E-state index contributed by atoms with van der Waals surface area (Å²) in [7, 11) is -10.8. The Morgan fingerprint density at radius 3 is 1.69 bits per heavy atom. The number of allylic oxidation sites excluding steroid dienone is 7. The van der Waals surface area contributed by atoms with Gasteiger partial charge >= 0.3 is 27.6 Å². The Balaban J connectivity index is 2.74. The summed E-state index contributed by atoms with van der Waals surface area (Å²) in [6, 6.07) is 0. The van der Waals surface area contributed by atoms with Crippen molar-refractivity contribution in [3.8, 4) is 0 Å². The number of ether oxygens (including phenoxy) is 2. The highest BCUT2D eigenvalue weighted by molar-refractivity contribution is 7.47. The van der Waals surface area contributed by atoms with Gasteiger partial charge in [-0.2, -0.15) is 0 Å². The zero-order valence-electron chi connectivity index (χ0n) is 38.1. The lowest BCUT2D eigenvalue weighted by atomic mass is 9.85. The zero-order chi connectivity index (χ0) is 48.5. The van der Waals surface area contributed by atoms with Crippen molar-refractivity contribution in [1.82, 2.24) is 0 Å². The third-order valence-electron chi connectivity index (χ3n) is 10.3. The maximum Gasteiger partial charge on any atom is 0.472 e. The van der Waals surface area contributed by atoms with Gasteiger partial charge in [0.05, 0.1) is 18.8 Å². The first-order valence-electron chi connectivity index (χ1n) is 23.1. The normalized spacial score (nSPS) is 23.2. The van der Waals surface area contributed by atoms with E-state index in [9.17, 15) is 54.3 Å². The second-order valence-electron chi connectivity index (χ2n) is 16.2. The molecular formula is C45H78O18P2. The minimum absolute atomic E-state index is 0.0555. The molecule has 0 radical (unpaired) electrons. The van der Waals surface area contributed by atoms with Crippen LogP contribution >= 0.6 is 15.6 Å². The lowest BCUT2D eigenvalue weighted by Gasteiger charge is -2.43. The first-order valence-corrected chi connectivity index (χ1v) is 26.1. The number of phosphoric ester groups is 2. The molecule has 0 aromatic carbocycles. The fourth-order valence-corrected chi connectivity index (χ4v) is 8.10. The number of carbonyl (C=O) groups is 2. The molecule has 1 aliphatic carbocycles. The van der Waals surface area contributed by atoms with Gasteiger partial charge in [0.25, 0.3) is 0 Å². The van der Waals surface area contributed by atoms with Crippen molar-refractivity contribution in [2.24, 2.45) is 0 Å². The summed E-state index contributed by atoms with van der Waals surface area (Å²) in [5.41, 5.74) is 0. The molecule has 0 aromatic heterocycles. The number of carbonyl (C=O) groups excluding carboxylic acids is 2. The predicted molar refractivity (Wildman–Crippen MR) is 244 cm³/mol. The molecule has 1 fully saturated rings. The number of hydrogen-bond acceptors (Lipinski definition) is 15. The molecule has 0 heterocycles. The lowest BCUT2D eigenvalue weighted by molar-refractivity contribution is -0.216. The van der Waals surface area contributed by atoms with Gasteiger partial charge in [-0.15, -0.1) is 0 Å². The largest absolute Gasteiger partial charge is 0.472 e. The summed E-state index contributed by atoms with van der Waals surface area (Å²) in [6.45, 7) is 2.80. The number of phosphoric acid groups is 2. The SMILES string of the molecule is CCCCC/C=C\C[C@H](O)/C=C/C=C/C=C\[C@H](O)CCCC(=O)O[C@H](COC(=O)CCCCCCC/C=C\CCCCCC)COP(=O)(O)O[C@H]1C(O)C(O)C(O)[C@@H](OP(=O)(O)O)C1O. The van der Waals surface area contributed by atoms with Crippen molar-refractivity contribution < 1.29 is 87.1 Å². The van der Waals surface area contributed by atoms with E-state index in [0.717, 1.165) is 57.8 Å². The molecule has 1 aliphatic rings. The number of esters is 2. The Labute approximate surface area is 384 Å². The zero-order valence-corrected chi connectivity index (χ0v) is 39.9. The van der Waals surface area contributed by atoms with Crippen molar-refractivity contribution in [3.05, 3.63) is 60.8 Å². The molecule has 65 heavy (non-hydrogen) atoms. The van der Waals surface area contributed by atoms with Gasteiger partial charge in [-0.3, -0.25) is 23.2 Å². The fraction of sp³-hybridized carbons (Fsp3) is 0.733. The molecule has 5 unspecified atom stereocenters. The Hall–Kier alpha value is -2.38. The minimum Gasteiger partial charge on any atom is -0.462 e. The van der Waals surface area contributed by atoms with Crippen LogP contribution in [0.25, 0.3) is 0 Å². The van der Waals surface area contributed by atoms with Crippen LogP contribution in [0.2, 0.25) is 0 Å². The van der Waals surface area contributed by atoms with Crippen LogP contribution in [-0.4, -0.2) is 125 Å². The number of aliphatic hydroxyl groups excluding tert-OH is 6. The average molecular weight is 969 g/mol. The number of aliphatic hydroxyl groups is 6. The maximum absolute atomic E-state index is 13.0. The van der Waals surface area contributed by atoms with E-state index < -0.39 is 95.7 Å². The molecule has 20 heteroatoms. The van der Waals surface area contributed by atoms with Crippen molar-refractivity contribution in [2.45, 2.75) is 197 Å². The maximum atomic E-state index is 13.0. The highest BCUT2D eigenvalue weighted by Crippen LogP contribution is 2.49. The fourth-order valence-electron chi connectivity index (χ4n) is 6.57. The van der Waals surface area contributed by atoms with Crippen LogP contribution in [0, 0.1) is 0 Å². The summed E-state index contributed by atoms with van der Waals surface area (Å²) in [6.07, 6.45) is 18.0. The molecule has 0 bridgehead atoms. The Morgan fingerprint density at radius 2 is 1.08 bits per heavy atom. The van der Waals surface area contributed by atoms with Gasteiger partial charge in [0, 0.05) is 12.8 Å². The van der Waals surface area contributed by atoms with Crippen LogP contribution in [0.3, 0.4) is 0 Å². The van der Waals surface area contributed by atoms with Crippen molar-refractivity contribution >= 4 is 27.6 Å². The Morgan fingerprint density at radius 1 is 0.569 bits per heavy atom. The van der Waals surface area contributed by atoms with E-state index in [1.807, 2.05) is 6.08 Å². The third kappa shape index (κ3) is 30.6. The van der Waals surface area contributed by atoms with Gasteiger partial charge in [0.15, 0.2) is 6.10 Å². The monoisotopic (exact) mass is 968 g/mol. The van der Waals surface area contributed by atoms with Crippen LogP contribution in [0.4, 0.5) is 0 Å². The quantitative estimate of drug-likeness (QED) is 0.0110. The topological polar surface area (TPSA) is 296 Å². The van der Waals surface area contributed by atoms with Crippen molar-refractivity contribution in [1.29, 1.82) is 0 Å². The van der Waals surface area contributed by atoms with Gasteiger partial charge in [-0.05, 0) is 64.2 Å². The molecular weight excluding hydrogens is 890 g/mol. The predicted octanol–water partition coefficient (Wildman–Crippen LogP) is 6.22. The van der Waals surface area contributed by atoms with Crippen molar-refractivity contribution in [3.63, 3.8) is 0 Å². The highest BCUT2D eigenvalue weighted by Gasteiger charge is 2.54. The second kappa shape index (κ2) is 35.7. The van der Waals surface area contributed by atoms with E-state index >= 15 is 0 Å². The summed E-state index contributed by atoms with van der Waals surface area (Å²) < 4.78 is 49.1. The number of unbranched alkanes of at least 4 members (excludes halogenated alkanes) is 12. The van der Waals surface area contributed by atoms with Crippen LogP contribution in [0.1, 0.15) is 142 Å². The van der Waals surface area contributed by atoms with Crippen LogP contribution in [0.15, 0.2) is 60.8 Å². The van der Waals surface area contributed by atoms with E-state index in [4.69, 9.17) is 28.3 Å². The summed E-state index contributed by atoms with van der Waals surface area (Å²) in [5, 5.41) is 61.6. The van der Waals surface area contributed by atoms with E-state index in [0.29, 0.717) is 12.8 Å². The number of hydrogen-bond donors (Lipinski definition) is 9. The van der Waals surface area contributed by atoms with E-state index in [1.165, 1.54) is 38.2 Å². The summed E-state index contributed by atoms with van der Waals surface area (Å²) in [5.74, 6) is -1.46. The Bertz CT molecular complexity index is 1530. The molecule has 1 saturated carbocycles. The molecule has 1 rings (SSSR count). The van der Waals surface area contributed by atoms with Gasteiger partial charge in [0.2, 0.25) is 0 Å². The van der Waals surface area contributed by atoms with Gasteiger partial charge < -0.3 is 54.8 Å².